The number of amidine groups is 1. The van der Waals surface area contributed by atoms with Crippen LogP contribution in [0.15, 0.2) is 35.5 Å². The van der Waals surface area contributed by atoms with Crippen molar-refractivity contribution in [3.63, 3.8) is 0 Å². The van der Waals surface area contributed by atoms with Gasteiger partial charge in [0.15, 0.2) is 5.84 Å². The van der Waals surface area contributed by atoms with Crippen molar-refractivity contribution in [2.45, 2.75) is 13.8 Å². The molecule has 0 atom stereocenters. The van der Waals surface area contributed by atoms with Crippen molar-refractivity contribution < 1.29 is 5.21 Å². The van der Waals surface area contributed by atoms with Crippen molar-refractivity contribution in [3.05, 3.63) is 35.9 Å². The molecular weight excluding hydrogens is 240 g/mol. The topological polar surface area (TPSA) is 74.7 Å². The van der Waals surface area contributed by atoms with Crippen LogP contribution < -0.4 is 10.6 Å². The summed E-state index contributed by atoms with van der Waals surface area (Å²) in [6.07, 6.45) is 0. The molecular formula is C14H18N4O. The van der Waals surface area contributed by atoms with Crippen LogP contribution in [0.1, 0.15) is 19.4 Å². The van der Waals surface area contributed by atoms with E-state index >= 15 is 0 Å². The molecule has 100 valence electrons. The number of hydrogen-bond donors (Lipinski definition) is 2. The molecule has 0 saturated heterocycles. The Morgan fingerprint density at radius 1 is 1.32 bits per heavy atom. The van der Waals surface area contributed by atoms with Gasteiger partial charge in [0.2, 0.25) is 0 Å². The zero-order valence-electron chi connectivity index (χ0n) is 11.2. The second-order valence-corrected chi connectivity index (χ2v) is 4.20. The highest BCUT2D eigenvalue weighted by atomic mass is 16.4. The van der Waals surface area contributed by atoms with Gasteiger partial charge in [0.05, 0.1) is 5.52 Å². The fraction of sp³-hybridized carbons (Fsp3) is 0.286. The van der Waals surface area contributed by atoms with Crippen molar-refractivity contribution in [1.82, 2.24) is 4.98 Å². The summed E-state index contributed by atoms with van der Waals surface area (Å²) in [4.78, 5) is 6.75. The van der Waals surface area contributed by atoms with Crippen LogP contribution in [0.2, 0.25) is 0 Å². The summed E-state index contributed by atoms with van der Waals surface area (Å²) in [5, 5.41) is 12.9. The van der Waals surface area contributed by atoms with Crippen LogP contribution in [0.3, 0.4) is 0 Å². The second-order valence-electron chi connectivity index (χ2n) is 4.20. The minimum absolute atomic E-state index is 0.104. The maximum Gasteiger partial charge on any atom is 0.170 e. The molecule has 3 N–H and O–H groups in total. The van der Waals surface area contributed by atoms with Gasteiger partial charge in [-0.1, -0.05) is 23.4 Å². The molecule has 1 aromatic carbocycles. The average molecular weight is 258 g/mol. The molecule has 0 bridgehead atoms. The van der Waals surface area contributed by atoms with Crippen LogP contribution in [-0.2, 0) is 0 Å². The predicted octanol–water partition coefficient (Wildman–Crippen LogP) is 2.18. The molecule has 5 nitrogen and oxygen atoms in total. The average Bonchev–Trinajstić information content (AvgIpc) is 2.47. The third-order valence-electron chi connectivity index (χ3n) is 3.17. The molecule has 0 aliphatic carbocycles. The van der Waals surface area contributed by atoms with Crippen molar-refractivity contribution in [2.75, 3.05) is 18.0 Å². The number of nitrogens with two attached hydrogens (primary N) is 1. The van der Waals surface area contributed by atoms with Crippen molar-refractivity contribution in [1.29, 1.82) is 0 Å². The third kappa shape index (κ3) is 2.45. The Bertz CT molecular complexity index is 605. The number of fused-ring (bicyclic) bond motifs is 1. The van der Waals surface area contributed by atoms with Gasteiger partial charge in [0, 0.05) is 24.0 Å². The van der Waals surface area contributed by atoms with Crippen LogP contribution in [0.25, 0.3) is 10.9 Å². The van der Waals surface area contributed by atoms with Gasteiger partial charge in [-0.05, 0) is 26.0 Å². The monoisotopic (exact) mass is 258 g/mol. The number of aromatic nitrogens is 1. The minimum Gasteiger partial charge on any atom is -0.409 e. The summed E-state index contributed by atoms with van der Waals surface area (Å²) >= 11 is 0. The van der Waals surface area contributed by atoms with Crippen LogP contribution in [0.5, 0.6) is 0 Å². The van der Waals surface area contributed by atoms with E-state index in [1.807, 2.05) is 30.3 Å². The van der Waals surface area contributed by atoms with Gasteiger partial charge in [-0.15, -0.1) is 0 Å². The minimum atomic E-state index is 0.104. The number of para-hydroxylation sites is 1. The van der Waals surface area contributed by atoms with Gasteiger partial charge < -0.3 is 15.8 Å². The molecule has 0 aliphatic rings. The SMILES string of the molecule is CCN(CC)c1cc(C(N)=NO)c2ccccc2n1. The van der Waals surface area contributed by atoms with E-state index in [9.17, 15) is 0 Å². The molecule has 1 heterocycles. The Morgan fingerprint density at radius 2 is 2.00 bits per heavy atom. The number of nitrogens with zero attached hydrogens (tertiary/aromatic N) is 3. The van der Waals surface area contributed by atoms with Gasteiger partial charge in [0.25, 0.3) is 0 Å². The fourth-order valence-corrected chi connectivity index (χ4v) is 2.14. The maximum atomic E-state index is 8.92. The summed E-state index contributed by atoms with van der Waals surface area (Å²) in [7, 11) is 0. The summed E-state index contributed by atoms with van der Waals surface area (Å²) in [5.74, 6) is 0.942. The van der Waals surface area contributed by atoms with E-state index in [0.29, 0.717) is 5.56 Å². The highest BCUT2D eigenvalue weighted by Crippen LogP contribution is 2.22. The summed E-state index contributed by atoms with van der Waals surface area (Å²) < 4.78 is 0. The van der Waals surface area contributed by atoms with Gasteiger partial charge in [0.1, 0.15) is 5.82 Å². The zero-order valence-corrected chi connectivity index (χ0v) is 11.2. The lowest BCUT2D eigenvalue weighted by Gasteiger charge is -2.21. The predicted molar refractivity (Wildman–Crippen MR) is 77.8 cm³/mol. The lowest BCUT2D eigenvalue weighted by Crippen LogP contribution is -2.24. The first-order valence-corrected chi connectivity index (χ1v) is 6.33. The molecule has 19 heavy (non-hydrogen) atoms. The zero-order chi connectivity index (χ0) is 13.8. The quantitative estimate of drug-likeness (QED) is 0.381. The van der Waals surface area contributed by atoms with Gasteiger partial charge in [-0.25, -0.2) is 4.98 Å². The first kappa shape index (κ1) is 13.1. The van der Waals surface area contributed by atoms with Crippen molar-refractivity contribution in [3.8, 4) is 0 Å². The molecule has 2 aromatic rings. The second kappa shape index (κ2) is 5.56. The molecule has 0 aliphatic heterocycles. The van der Waals surface area contributed by atoms with Gasteiger partial charge in [-0.3, -0.25) is 0 Å². The van der Waals surface area contributed by atoms with E-state index in [1.165, 1.54) is 0 Å². The molecule has 0 saturated carbocycles. The molecule has 5 heteroatoms. The highest BCUT2D eigenvalue weighted by molar-refractivity contribution is 6.08. The summed E-state index contributed by atoms with van der Waals surface area (Å²) in [6.45, 7) is 5.86. The highest BCUT2D eigenvalue weighted by Gasteiger charge is 2.12. The Morgan fingerprint density at radius 3 is 2.63 bits per heavy atom. The number of pyridine rings is 1. The number of rotatable bonds is 4. The van der Waals surface area contributed by atoms with Crippen LogP contribution in [0.4, 0.5) is 5.82 Å². The lowest BCUT2D eigenvalue weighted by molar-refractivity contribution is 0.318. The Hall–Kier alpha value is -2.30. The van der Waals surface area contributed by atoms with E-state index in [4.69, 9.17) is 10.9 Å². The fourth-order valence-electron chi connectivity index (χ4n) is 2.14. The largest absolute Gasteiger partial charge is 0.409 e. The molecule has 0 radical (unpaired) electrons. The van der Waals surface area contributed by atoms with Gasteiger partial charge in [-0.2, -0.15) is 0 Å². The number of oxime groups is 1. The van der Waals surface area contributed by atoms with E-state index in [0.717, 1.165) is 29.8 Å². The normalized spacial score (nSPS) is 11.8. The summed E-state index contributed by atoms with van der Waals surface area (Å²) in [6, 6.07) is 9.55. The Balaban J connectivity index is 2.69. The van der Waals surface area contributed by atoms with E-state index in [-0.39, 0.29) is 5.84 Å². The molecule has 1 aromatic heterocycles. The maximum absolute atomic E-state index is 8.92. The van der Waals surface area contributed by atoms with Crippen molar-refractivity contribution in [2.24, 2.45) is 10.9 Å². The molecule has 0 unspecified atom stereocenters. The lowest BCUT2D eigenvalue weighted by atomic mass is 10.1. The third-order valence-corrected chi connectivity index (χ3v) is 3.17. The Labute approximate surface area is 112 Å². The molecule has 0 spiro atoms. The van der Waals surface area contributed by atoms with Crippen LogP contribution in [0, 0.1) is 0 Å². The molecule has 2 rings (SSSR count). The van der Waals surface area contributed by atoms with E-state index in [1.54, 1.807) is 0 Å². The molecule has 0 amide bonds. The van der Waals surface area contributed by atoms with E-state index < -0.39 is 0 Å². The van der Waals surface area contributed by atoms with Gasteiger partial charge >= 0.3 is 0 Å². The Kier molecular flexibility index (Phi) is 3.85. The van der Waals surface area contributed by atoms with Crippen LogP contribution >= 0.6 is 0 Å². The van der Waals surface area contributed by atoms with E-state index in [2.05, 4.69) is 28.9 Å². The number of hydrogen-bond acceptors (Lipinski definition) is 4. The molecule has 0 fully saturated rings. The summed E-state index contributed by atoms with van der Waals surface area (Å²) in [5.41, 5.74) is 7.31. The smallest absolute Gasteiger partial charge is 0.170 e. The number of anilines is 1. The number of benzene rings is 1. The standard InChI is InChI=1S/C14H18N4O/c1-3-18(4-2)13-9-11(14(15)17-19)10-7-5-6-8-12(10)16-13/h5-9,19H,3-4H2,1-2H3,(H2,15,17). The first-order chi connectivity index (χ1) is 9.21. The van der Waals surface area contributed by atoms with Crippen LogP contribution in [-0.4, -0.2) is 29.1 Å². The van der Waals surface area contributed by atoms with Crippen molar-refractivity contribution >= 4 is 22.6 Å². The first-order valence-electron chi connectivity index (χ1n) is 6.33.